The molecule has 6 aromatic rings. The maximum absolute atomic E-state index is 4.77. The standard InChI is InChI=1S/C45H40N6.C5H8.C4H8.C2H6/c1-31-36-22-12-14-24-39(36)50(35-20-10-5-11-21-35)29-28-38-37-23-13-15-25-40(37)51(42(31)38)41-27-26-34(30-46-41)43-47-44(32-16-6-3-7-17-32)49(2)45(48-43)33-18-8-4-9-19-33;1-3-5-4-2;1-3-4-2;1-2/h3-29,43-48H,1,30H2,2H3;3-5H,1H2,2H3;3-4H,1-2H3;1-2H3/b29-28-;5-4-;4-3-;. The van der Waals surface area contributed by atoms with Gasteiger partial charge in [0.2, 0.25) is 0 Å². The van der Waals surface area contributed by atoms with Gasteiger partial charge in [-0.3, -0.25) is 20.1 Å². The van der Waals surface area contributed by atoms with Gasteiger partial charge in [0.1, 0.15) is 5.82 Å². The molecule has 62 heavy (non-hydrogen) atoms. The molecule has 0 spiro atoms. The van der Waals surface area contributed by atoms with Crippen LogP contribution in [0.2, 0.25) is 0 Å². The highest BCUT2D eigenvalue weighted by Gasteiger charge is 2.36. The summed E-state index contributed by atoms with van der Waals surface area (Å²) in [5.41, 5.74) is 11.4. The van der Waals surface area contributed by atoms with E-state index in [0.29, 0.717) is 6.54 Å². The molecule has 9 rings (SSSR count). The SMILES string of the molecule is C/C=C\C.C=C/C=C\C.C=C1c2ccccc2N(c2ccccc2)/C=C\c2c1n(C1=CC=C(C3NC(c4ccccc4)N(C)C(c4ccccc4)N3)CN1)c1ccccc21.CC. The highest BCUT2D eigenvalue weighted by Crippen LogP contribution is 2.43. The van der Waals surface area contributed by atoms with Gasteiger partial charge in [-0.25, -0.2) is 0 Å². The van der Waals surface area contributed by atoms with E-state index in [4.69, 9.17) is 6.58 Å². The minimum atomic E-state index is -0.0438. The zero-order valence-corrected chi connectivity index (χ0v) is 37.2. The minimum absolute atomic E-state index is 0.0349. The first-order valence-corrected chi connectivity index (χ1v) is 21.7. The highest BCUT2D eigenvalue weighted by atomic mass is 15.4. The lowest BCUT2D eigenvalue weighted by Crippen LogP contribution is -2.60. The van der Waals surface area contributed by atoms with Crippen LogP contribution < -0.4 is 20.9 Å². The Morgan fingerprint density at radius 2 is 1.23 bits per heavy atom. The lowest BCUT2D eigenvalue weighted by Gasteiger charge is -2.46. The van der Waals surface area contributed by atoms with E-state index in [1.165, 1.54) is 22.1 Å². The predicted octanol–water partition coefficient (Wildman–Crippen LogP) is 13.4. The lowest BCUT2D eigenvalue weighted by molar-refractivity contribution is 0.0516. The molecule has 6 heteroatoms. The van der Waals surface area contributed by atoms with Crippen molar-refractivity contribution >= 4 is 39.7 Å². The Morgan fingerprint density at radius 3 is 1.77 bits per heavy atom. The van der Waals surface area contributed by atoms with E-state index < -0.39 is 0 Å². The smallest absolute Gasteiger partial charge is 0.111 e. The van der Waals surface area contributed by atoms with Crippen LogP contribution in [-0.4, -0.2) is 29.2 Å². The molecule has 6 nitrogen and oxygen atoms in total. The maximum atomic E-state index is 4.77. The Hall–Kier alpha value is -6.70. The fraction of sp³-hybridized carbons (Fsp3) is 0.179. The van der Waals surface area contributed by atoms with Crippen molar-refractivity contribution in [2.24, 2.45) is 0 Å². The summed E-state index contributed by atoms with van der Waals surface area (Å²) >= 11 is 0. The van der Waals surface area contributed by atoms with Gasteiger partial charge in [0, 0.05) is 40.5 Å². The maximum Gasteiger partial charge on any atom is 0.111 e. The number of nitrogens with one attached hydrogen (secondary N) is 3. The van der Waals surface area contributed by atoms with Crippen molar-refractivity contribution < 1.29 is 0 Å². The van der Waals surface area contributed by atoms with Crippen LogP contribution in [-0.2, 0) is 0 Å². The quantitative estimate of drug-likeness (QED) is 0.115. The van der Waals surface area contributed by atoms with Crippen LogP contribution in [0.1, 0.15) is 74.9 Å². The summed E-state index contributed by atoms with van der Waals surface area (Å²) in [5, 5.41) is 12.8. The summed E-state index contributed by atoms with van der Waals surface area (Å²) in [7, 11) is 2.18. The summed E-state index contributed by atoms with van der Waals surface area (Å²) in [6.07, 6.45) is 18.5. The first-order valence-electron chi connectivity index (χ1n) is 21.7. The van der Waals surface area contributed by atoms with Gasteiger partial charge in [0.05, 0.1) is 35.4 Å². The monoisotopic (exact) mass is 819 g/mol. The van der Waals surface area contributed by atoms with E-state index in [1.807, 2.05) is 58.9 Å². The van der Waals surface area contributed by atoms with Gasteiger partial charge in [-0.1, -0.05) is 179 Å². The fourth-order valence-corrected chi connectivity index (χ4v) is 7.97. The molecule has 0 radical (unpaired) electrons. The van der Waals surface area contributed by atoms with E-state index in [9.17, 15) is 0 Å². The van der Waals surface area contributed by atoms with Crippen molar-refractivity contribution in [1.29, 1.82) is 0 Å². The van der Waals surface area contributed by atoms with Gasteiger partial charge < -0.3 is 10.2 Å². The zero-order valence-electron chi connectivity index (χ0n) is 37.2. The minimum Gasteiger partial charge on any atom is -0.367 e. The Kier molecular flexibility index (Phi) is 16.1. The number of allylic oxidation sites excluding steroid dienone is 7. The first-order chi connectivity index (χ1) is 30.5. The molecular weight excluding hydrogens is 757 g/mol. The Morgan fingerprint density at radius 1 is 0.661 bits per heavy atom. The molecule has 2 unspecified atom stereocenters. The molecule has 0 aliphatic carbocycles. The molecule has 0 amide bonds. The van der Waals surface area contributed by atoms with E-state index in [1.54, 1.807) is 6.08 Å². The fourth-order valence-electron chi connectivity index (χ4n) is 7.97. The number of aromatic nitrogens is 1. The van der Waals surface area contributed by atoms with Gasteiger partial charge in [-0.15, -0.1) is 0 Å². The molecule has 4 heterocycles. The van der Waals surface area contributed by atoms with Crippen LogP contribution in [0.5, 0.6) is 0 Å². The second-order valence-corrected chi connectivity index (χ2v) is 14.8. The van der Waals surface area contributed by atoms with Crippen LogP contribution in [0.15, 0.2) is 207 Å². The molecular formula is C56H62N6. The average Bonchev–Trinajstić information content (AvgIpc) is 3.67. The van der Waals surface area contributed by atoms with Gasteiger partial charge >= 0.3 is 0 Å². The third-order valence-electron chi connectivity index (χ3n) is 11.0. The second-order valence-electron chi connectivity index (χ2n) is 14.8. The third kappa shape index (κ3) is 9.91. The number of anilines is 2. The predicted molar refractivity (Wildman–Crippen MR) is 268 cm³/mol. The van der Waals surface area contributed by atoms with Crippen molar-refractivity contribution in [1.82, 2.24) is 25.4 Å². The van der Waals surface area contributed by atoms with Crippen molar-refractivity contribution in [2.45, 2.75) is 53.1 Å². The Labute approximate surface area is 370 Å². The summed E-state index contributed by atoms with van der Waals surface area (Å²) in [5.74, 6) is 1.02. The van der Waals surface area contributed by atoms with Crippen molar-refractivity contribution in [3.63, 3.8) is 0 Å². The molecule has 5 aromatic carbocycles. The van der Waals surface area contributed by atoms with Crippen LogP contribution >= 0.6 is 0 Å². The second kappa shape index (κ2) is 22.2. The summed E-state index contributed by atoms with van der Waals surface area (Å²) < 4.78 is 2.36. The van der Waals surface area contributed by atoms with E-state index in [0.717, 1.165) is 45.1 Å². The van der Waals surface area contributed by atoms with Crippen molar-refractivity contribution in [3.05, 3.63) is 235 Å². The van der Waals surface area contributed by atoms with Crippen LogP contribution in [0, 0.1) is 0 Å². The van der Waals surface area contributed by atoms with Crippen LogP contribution in [0.3, 0.4) is 0 Å². The molecule has 2 atom stereocenters. The molecule has 1 fully saturated rings. The van der Waals surface area contributed by atoms with Gasteiger partial charge in [0.25, 0.3) is 0 Å². The number of rotatable bonds is 6. The number of hydrogen-bond donors (Lipinski definition) is 3. The topological polar surface area (TPSA) is 47.5 Å². The van der Waals surface area contributed by atoms with E-state index in [-0.39, 0.29) is 18.5 Å². The molecule has 1 saturated heterocycles. The molecule has 0 bridgehead atoms. The van der Waals surface area contributed by atoms with Crippen molar-refractivity contribution in [2.75, 3.05) is 18.5 Å². The van der Waals surface area contributed by atoms with E-state index in [2.05, 4.69) is 208 Å². The first kappa shape index (κ1) is 44.8. The van der Waals surface area contributed by atoms with Gasteiger partial charge in [-0.2, -0.15) is 0 Å². The molecule has 3 aliphatic rings. The van der Waals surface area contributed by atoms with E-state index >= 15 is 0 Å². The average molecular weight is 819 g/mol. The molecule has 316 valence electrons. The van der Waals surface area contributed by atoms with Crippen LogP contribution in [0.25, 0.3) is 28.4 Å². The summed E-state index contributed by atoms with van der Waals surface area (Å²) in [6, 6.07) is 49.2. The third-order valence-corrected chi connectivity index (χ3v) is 11.0. The molecule has 3 N–H and O–H groups in total. The molecule has 0 saturated carbocycles. The highest BCUT2D eigenvalue weighted by molar-refractivity contribution is 6.03. The number of nitrogens with zero attached hydrogens (tertiary/aromatic N) is 3. The Balaban J connectivity index is 0.000000527. The number of para-hydroxylation sites is 3. The van der Waals surface area contributed by atoms with Gasteiger partial charge in [0.15, 0.2) is 0 Å². The lowest BCUT2D eigenvalue weighted by atomic mass is 9.96. The van der Waals surface area contributed by atoms with Crippen LogP contribution in [0.4, 0.5) is 11.4 Å². The zero-order chi connectivity index (χ0) is 43.8. The largest absolute Gasteiger partial charge is 0.367 e. The number of benzene rings is 5. The summed E-state index contributed by atoms with van der Waals surface area (Å²) in [6.45, 7) is 18.9. The number of hydrogen-bond acceptors (Lipinski definition) is 5. The molecule has 3 aliphatic heterocycles. The normalized spacial score (nSPS) is 18.8. The molecule has 1 aromatic heterocycles. The number of fused-ring (bicyclic) bond motifs is 4. The number of dihydropyridines is 1. The van der Waals surface area contributed by atoms with Gasteiger partial charge in [-0.05, 0) is 80.9 Å². The Bertz CT molecular complexity index is 2490. The summed E-state index contributed by atoms with van der Waals surface area (Å²) in [4.78, 5) is 4.63. The van der Waals surface area contributed by atoms with Crippen molar-refractivity contribution in [3.8, 4) is 0 Å².